The van der Waals surface area contributed by atoms with Crippen LogP contribution in [0.3, 0.4) is 0 Å². The Balaban J connectivity index is 1.81. The molecule has 0 aliphatic carbocycles. The Morgan fingerprint density at radius 1 is 1.18 bits per heavy atom. The number of fused-ring (bicyclic) bond motifs is 1. The van der Waals surface area contributed by atoms with Crippen molar-refractivity contribution in [2.75, 3.05) is 0 Å². The highest BCUT2D eigenvalue weighted by Crippen LogP contribution is 2.28. The highest BCUT2D eigenvalue weighted by Gasteiger charge is 2.24. The second kappa shape index (κ2) is 4.22. The van der Waals surface area contributed by atoms with Gasteiger partial charge < -0.3 is 0 Å². The van der Waals surface area contributed by atoms with Crippen molar-refractivity contribution in [3.63, 3.8) is 0 Å². The summed E-state index contributed by atoms with van der Waals surface area (Å²) in [7, 11) is 0. The van der Waals surface area contributed by atoms with E-state index in [1.165, 1.54) is 11.1 Å². The maximum absolute atomic E-state index is 4.32. The average Bonchev–Trinajstić information content (AvgIpc) is 2.82. The van der Waals surface area contributed by atoms with Gasteiger partial charge in [-0.05, 0) is 24.6 Å². The molecule has 0 amide bonds. The summed E-state index contributed by atoms with van der Waals surface area (Å²) in [4.78, 5) is 14.8. The summed E-state index contributed by atoms with van der Waals surface area (Å²) in [5.74, 6) is 0. The second-order valence-electron chi connectivity index (χ2n) is 4.36. The highest BCUT2D eigenvalue weighted by molar-refractivity contribution is 5.23. The maximum Gasteiger partial charge on any atom is 0.115 e. The van der Waals surface area contributed by atoms with E-state index in [2.05, 4.69) is 38.9 Å². The van der Waals surface area contributed by atoms with Gasteiger partial charge in [-0.2, -0.15) is 0 Å². The molecule has 0 aromatic carbocycles. The van der Waals surface area contributed by atoms with Crippen LogP contribution in [0.1, 0.15) is 29.8 Å². The zero-order valence-electron chi connectivity index (χ0n) is 9.74. The summed E-state index contributed by atoms with van der Waals surface area (Å²) < 4.78 is 0. The third-order valence-electron chi connectivity index (χ3n) is 3.34. The zero-order chi connectivity index (χ0) is 11.7. The number of rotatable bonds is 2. The van der Waals surface area contributed by atoms with Gasteiger partial charge in [0.25, 0.3) is 0 Å². The van der Waals surface area contributed by atoms with Crippen LogP contribution in [0.5, 0.6) is 0 Å². The van der Waals surface area contributed by atoms with Crippen molar-refractivity contribution in [2.24, 2.45) is 0 Å². The minimum absolute atomic E-state index is 0.382. The van der Waals surface area contributed by atoms with Gasteiger partial charge in [0.05, 0.1) is 5.69 Å². The van der Waals surface area contributed by atoms with Crippen LogP contribution in [0.25, 0.3) is 0 Å². The van der Waals surface area contributed by atoms with Gasteiger partial charge >= 0.3 is 0 Å². The van der Waals surface area contributed by atoms with E-state index in [0.29, 0.717) is 6.04 Å². The first kappa shape index (κ1) is 10.4. The Bertz CT molecular complexity index is 487. The van der Waals surface area contributed by atoms with E-state index in [0.717, 1.165) is 18.8 Å². The van der Waals surface area contributed by atoms with E-state index < -0.39 is 0 Å². The van der Waals surface area contributed by atoms with Crippen LogP contribution in [0, 0.1) is 0 Å². The van der Waals surface area contributed by atoms with E-state index in [1.54, 1.807) is 6.33 Å². The van der Waals surface area contributed by atoms with Crippen molar-refractivity contribution in [3.8, 4) is 0 Å². The lowest BCUT2D eigenvalue weighted by Gasteiger charge is -2.23. The van der Waals surface area contributed by atoms with Gasteiger partial charge in [0, 0.05) is 43.3 Å². The lowest BCUT2D eigenvalue weighted by atomic mass is 10.1. The molecule has 2 aromatic rings. The predicted molar refractivity (Wildman–Crippen MR) is 63.9 cm³/mol. The van der Waals surface area contributed by atoms with Crippen LogP contribution in [0.4, 0.5) is 0 Å². The molecular formula is C13H14N4. The van der Waals surface area contributed by atoms with Gasteiger partial charge in [0.15, 0.2) is 0 Å². The van der Waals surface area contributed by atoms with E-state index in [-0.39, 0.29) is 0 Å². The number of nitrogens with zero attached hydrogens (tertiary/aromatic N) is 4. The molecule has 3 heterocycles. The largest absolute Gasteiger partial charge is 0.286 e. The van der Waals surface area contributed by atoms with Crippen molar-refractivity contribution in [2.45, 2.75) is 26.1 Å². The Morgan fingerprint density at radius 3 is 2.76 bits per heavy atom. The fraction of sp³-hybridized carbons (Fsp3) is 0.308. The number of hydrogen-bond acceptors (Lipinski definition) is 4. The molecule has 3 rings (SSSR count). The Labute approximate surface area is 100 Å². The Kier molecular flexibility index (Phi) is 2.57. The molecule has 86 valence electrons. The minimum Gasteiger partial charge on any atom is -0.286 e. The molecule has 0 N–H and O–H groups in total. The molecule has 0 fully saturated rings. The molecule has 0 saturated carbocycles. The van der Waals surface area contributed by atoms with Gasteiger partial charge in [-0.25, -0.2) is 9.97 Å². The first-order chi connectivity index (χ1) is 8.34. The van der Waals surface area contributed by atoms with Crippen molar-refractivity contribution in [1.82, 2.24) is 19.9 Å². The highest BCUT2D eigenvalue weighted by atomic mass is 15.2. The monoisotopic (exact) mass is 226 g/mol. The maximum atomic E-state index is 4.32. The average molecular weight is 226 g/mol. The first-order valence-electron chi connectivity index (χ1n) is 5.76. The summed E-state index contributed by atoms with van der Waals surface area (Å²) >= 11 is 0. The van der Waals surface area contributed by atoms with Crippen molar-refractivity contribution >= 4 is 0 Å². The van der Waals surface area contributed by atoms with Crippen LogP contribution in [-0.4, -0.2) is 19.9 Å². The SMILES string of the molecule is CC(c1ccncc1)N1Cc2cncnc2C1. The first-order valence-corrected chi connectivity index (χ1v) is 5.76. The lowest BCUT2D eigenvalue weighted by molar-refractivity contribution is 0.214. The predicted octanol–water partition coefficient (Wildman–Crippen LogP) is 1.95. The molecule has 1 unspecified atom stereocenters. The molecule has 0 spiro atoms. The molecule has 4 heteroatoms. The van der Waals surface area contributed by atoms with Gasteiger partial charge in [-0.1, -0.05) is 0 Å². The second-order valence-corrected chi connectivity index (χ2v) is 4.36. The van der Waals surface area contributed by atoms with Crippen LogP contribution >= 0.6 is 0 Å². The molecular weight excluding hydrogens is 212 g/mol. The summed E-state index contributed by atoms with van der Waals surface area (Å²) in [5, 5.41) is 0. The standard InChI is InChI=1S/C13H14N4/c1-10(11-2-4-14-5-3-11)17-7-12-6-15-9-16-13(12)8-17/h2-6,9-10H,7-8H2,1H3. The smallest absolute Gasteiger partial charge is 0.115 e. The third-order valence-corrected chi connectivity index (χ3v) is 3.34. The fourth-order valence-electron chi connectivity index (χ4n) is 2.25. The molecule has 0 radical (unpaired) electrons. The van der Waals surface area contributed by atoms with Gasteiger partial charge in [0.1, 0.15) is 6.33 Å². The zero-order valence-corrected chi connectivity index (χ0v) is 9.74. The van der Waals surface area contributed by atoms with Gasteiger partial charge in [-0.3, -0.25) is 9.88 Å². The molecule has 0 saturated heterocycles. The van der Waals surface area contributed by atoms with E-state index in [9.17, 15) is 0 Å². The molecule has 0 bridgehead atoms. The molecule has 1 aliphatic rings. The van der Waals surface area contributed by atoms with Crippen LogP contribution in [0.2, 0.25) is 0 Å². The molecule has 4 nitrogen and oxygen atoms in total. The fourth-order valence-corrected chi connectivity index (χ4v) is 2.25. The summed E-state index contributed by atoms with van der Waals surface area (Å²) in [6.45, 7) is 4.05. The normalized spacial score (nSPS) is 16.8. The topological polar surface area (TPSA) is 41.9 Å². The van der Waals surface area contributed by atoms with Crippen molar-refractivity contribution in [1.29, 1.82) is 0 Å². The number of hydrogen-bond donors (Lipinski definition) is 0. The molecule has 2 aromatic heterocycles. The quantitative estimate of drug-likeness (QED) is 0.785. The Morgan fingerprint density at radius 2 is 2.00 bits per heavy atom. The van der Waals surface area contributed by atoms with Gasteiger partial charge in [0.2, 0.25) is 0 Å². The molecule has 1 aliphatic heterocycles. The lowest BCUT2D eigenvalue weighted by Crippen LogP contribution is -2.20. The summed E-state index contributed by atoms with van der Waals surface area (Å²) in [6, 6.07) is 4.52. The van der Waals surface area contributed by atoms with Crippen LogP contribution in [-0.2, 0) is 13.1 Å². The number of aromatic nitrogens is 3. The molecule has 1 atom stereocenters. The number of pyridine rings is 1. The van der Waals surface area contributed by atoms with Crippen molar-refractivity contribution < 1.29 is 0 Å². The summed E-state index contributed by atoms with van der Waals surface area (Å²) in [5.41, 5.74) is 3.69. The summed E-state index contributed by atoms with van der Waals surface area (Å²) in [6.07, 6.45) is 7.23. The van der Waals surface area contributed by atoms with Crippen LogP contribution < -0.4 is 0 Å². The van der Waals surface area contributed by atoms with E-state index in [4.69, 9.17) is 0 Å². The van der Waals surface area contributed by atoms with Crippen molar-refractivity contribution in [3.05, 3.63) is 53.9 Å². The van der Waals surface area contributed by atoms with E-state index in [1.807, 2.05) is 18.6 Å². The van der Waals surface area contributed by atoms with Gasteiger partial charge in [-0.15, -0.1) is 0 Å². The van der Waals surface area contributed by atoms with E-state index >= 15 is 0 Å². The minimum atomic E-state index is 0.382. The van der Waals surface area contributed by atoms with Crippen LogP contribution in [0.15, 0.2) is 37.1 Å². The third kappa shape index (κ3) is 1.91. The molecule has 17 heavy (non-hydrogen) atoms. The Hall–Kier alpha value is -1.81.